The quantitative estimate of drug-likeness (QED) is 0.845. The van der Waals surface area contributed by atoms with Crippen molar-refractivity contribution in [3.05, 3.63) is 35.9 Å². The zero-order valence-corrected chi connectivity index (χ0v) is 14.8. The first-order valence-electron chi connectivity index (χ1n) is 9.40. The predicted molar refractivity (Wildman–Crippen MR) is 95.1 cm³/mol. The maximum Gasteiger partial charge on any atom is 0.259 e. The SMILES string of the molecule is Cc1onc(-c2ccncc2)c1C(=O)N1CC[C@H](C2CCCCC2)C1. The summed E-state index contributed by atoms with van der Waals surface area (Å²) in [5, 5.41) is 4.14. The van der Waals surface area contributed by atoms with Crippen LogP contribution in [0.4, 0.5) is 0 Å². The number of aryl methyl sites for hydroxylation is 1. The van der Waals surface area contributed by atoms with Gasteiger partial charge in [-0.05, 0) is 37.3 Å². The van der Waals surface area contributed by atoms with E-state index in [4.69, 9.17) is 4.52 Å². The highest BCUT2D eigenvalue weighted by atomic mass is 16.5. The molecule has 1 aliphatic carbocycles. The third kappa shape index (κ3) is 3.20. The van der Waals surface area contributed by atoms with E-state index in [0.29, 0.717) is 22.9 Å². The van der Waals surface area contributed by atoms with E-state index in [1.807, 2.05) is 24.0 Å². The molecule has 132 valence electrons. The Morgan fingerprint density at radius 2 is 1.88 bits per heavy atom. The maximum absolute atomic E-state index is 13.2. The molecule has 0 spiro atoms. The molecular formula is C20H25N3O2. The molecule has 4 rings (SSSR count). The number of carbonyl (C=O) groups is 1. The Hall–Kier alpha value is -2.17. The molecule has 1 saturated carbocycles. The average Bonchev–Trinajstić information content (AvgIpc) is 3.30. The van der Waals surface area contributed by atoms with Gasteiger partial charge in [0.2, 0.25) is 0 Å². The number of carbonyl (C=O) groups excluding carboxylic acids is 1. The average molecular weight is 339 g/mol. The monoisotopic (exact) mass is 339 g/mol. The molecule has 2 aromatic heterocycles. The summed E-state index contributed by atoms with van der Waals surface area (Å²) in [6.45, 7) is 3.55. The third-order valence-corrected chi connectivity index (χ3v) is 5.86. The number of aromatic nitrogens is 2. The van der Waals surface area contributed by atoms with Gasteiger partial charge < -0.3 is 9.42 Å². The Bertz CT molecular complexity index is 735. The highest BCUT2D eigenvalue weighted by Crippen LogP contribution is 2.36. The minimum absolute atomic E-state index is 0.0591. The van der Waals surface area contributed by atoms with Crippen LogP contribution in [0.25, 0.3) is 11.3 Å². The van der Waals surface area contributed by atoms with Gasteiger partial charge in [-0.25, -0.2) is 0 Å². The number of rotatable bonds is 3. The number of pyridine rings is 1. The first-order chi connectivity index (χ1) is 12.2. The lowest BCUT2D eigenvalue weighted by Gasteiger charge is -2.27. The Kier molecular flexibility index (Phi) is 4.55. The van der Waals surface area contributed by atoms with Gasteiger partial charge in [0.15, 0.2) is 0 Å². The standard InChI is InChI=1S/C20H25N3O2/c1-14-18(19(22-25-14)16-7-10-21-11-8-16)20(24)23-12-9-17(13-23)15-5-3-2-4-6-15/h7-8,10-11,15,17H,2-6,9,12-13H2,1H3/t17-/m0/s1. The van der Waals surface area contributed by atoms with Crippen molar-refractivity contribution in [2.75, 3.05) is 13.1 Å². The van der Waals surface area contributed by atoms with Crippen molar-refractivity contribution in [3.8, 4) is 11.3 Å². The molecule has 1 saturated heterocycles. The van der Waals surface area contributed by atoms with Crippen LogP contribution >= 0.6 is 0 Å². The molecule has 0 unspecified atom stereocenters. The minimum Gasteiger partial charge on any atom is -0.360 e. The molecule has 5 nitrogen and oxygen atoms in total. The molecule has 0 aromatic carbocycles. The van der Waals surface area contributed by atoms with E-state index in [0.717, 1.165) is 31.0 Å². The number of hydrogen-bond donors (Lipinski definition) is 0. The van der Waals surface area contributed by atoms with Crippen LogP contribution < -0.4 is 0 Å². The number of amides is 1. The van der Waals surface area contributed by atoms with Gasteiger partial charge in [0.1, 0.15) is 17.0 Å². The summed E-state index contributed by atoms with van der Waals surface area (Å²) < 4.78 is 5.36. The van der Waals surface area contributed by atoms with Crippen LogP contribution in [-0.2, 0) is 0 Å². The minimum atomic E-state index is 0.0591. The van der Waals surface area contributed by atoms with Gasteiger partial charge in [-0.2, -0.15) is 0 Å². The van der Waals surface area contributed by atoms with E-state index in [1.165, 1.54) is 32.1 Å². The summed E-state index contributed by atoms with van der Waals surface area (Å²) in [4.78, 5) is 19.2. The van der Waals surface area contributed by atoms with Crippen molar-refractivity contribution < 1.29 is 9.32 Å². The largest absolute Gasteiger partial charge is 0.360 e. The smallest absolute Gasteiger partial charge is 0.259 e. The second-order valence-corrected chi connectivity index (χ2v) is 7.40. The van der Waals surface area contributed by atoms with E-state index in [9.17, 15) is 4.79 Å². The van der Waals surface area contributed by atoms with Gasteiger partial charge in [0.05, 0.1) is 0 Å². The van der Waals surface area contributed by atoms with Crippen LogP contribution in [0, 0.1) is 18.8 Å². The molecule has 1 amide bonds. The van der Waals surface area contributed by atoms with Crippen LogP contribution in [0.5, 0.6) is 0 Å². The van der Waals surface area contributed by atoms with Crippen molar-refractivity contribution in [1.29, 1.82) is 0 Å². The summed E-state index contributed by atoms with van der Waals surface area (Å²) in [5.74, 6) is 2.12. The van der Waals surface area contributed by atoms with Crippen molar-refractivity contribution in [1.82, 2.24) is 15.0 Å². The van der Waals surface area contributed by atoms with Gasteiger partial charge in [-0.1, -0.05) is 37.3 Å². The summed E-state index contributed by atoms with van der Waals surface area (Å²) in [6, 6.07) is 3.73. The van der Waals surface area contributed by atoms with E-state index >= 15 is 0 Å². The van der Waals surface area contributed by atoms with E-state index < -0.39 is 0 Å². The maximum atomic E-state index is 13.2. The predicted octanol–water partition coefficient (Wildman–Crippen LogP) is 4.09. The fourth-order valence-electron chi connectivity index (χ4n) is 4.45. The lowest BCUT2D eigenvalue weighted by Crippen LogP contribution is -2.30. The molecule has 3 heterocycles. The summed E-state index contributed by atoms with van der Waals surface area (Å²) >= 11 is 0. The highest BCUT2D eigenvalue weighted by molar-refractivity contribution is 6.00. The normalized spacial score (nSPS) is 21.6. The molecule has 1 atom stereocenters. The van der Waals surface area contributed by atoms with E-state index in [1.54, 1.807) is 12.4 Å². The Morgan fingerprint density at radius 3 is 2.64 bits per heavy atom. The summed E-state index contributed by atoms with van der Waals surface area (Å²) in [6.07, 6.45) is 11.3. The number of hydrogen-bond acceptors (Lipinski definition) is 4. The van der Waals surface area contributed by atoms with E-state index in [2.05, 4.69) is 10.1 Å². The number of likely N-dealkylation sites (tertiary alicyclic amines) is 1. The zero-order valence-electron chi connectivity index (χ0n) is 14.8. The fraction of sp³-hybridized carbons (Fsp3) is 0.550. The Balaban J connectivity index is 1.53. The fourth-order valence-corrected chi connectivity index (χ4v) is 4.45. The molecule has 5 heteroatoms. The molecule has 2 aliphatic rings. The van der Waals surface area contributed by atoms with Crippen molar-refractivity contribution >= 4 is 5.91 Å². The van der Waals surface area contributed by atoms with Gasteiger partial charge >= 0.3 is 0 Å². The number of nitrogens with zero attached hydrogens (tertiary/aromatic N) is 3. The molecule has 2 fully saturated rings. The van der Waals surface area contributed by atoms with Gasteiger partial charge in [-0.3, -0.25) is 9.78 Å². The molecule has 2 aromatic rings. The molecule has 1 aliphatic heterocycles. The lowest BCUT2D eigenvalue weighted by molar-refractivity contribution is 0.0778. The van der Waals surface area contributed by atoms with Gasteiger partial charge in [0.25, 0.3) is 5.91 Å². The first-order valence-corrected chi connectivity index (χ1v) is 9.40. The first kappa shape index (κ1) is 16.3. The van der Waals surface area contributed by atoms with Gasteiger partial charge in [0, 0.05) is 31.0 Å². The second kappa shape index (κ2) is 6.98. The van der Waals surface area contributed by atoms with Crippen LogP contribution in [0.2, 0.25) is 0 Å². The van der Waals surface area contributed by atoms with Crippen molar-refractivity contribution in [2.45, 2.75) is 45.4 Å². The molecule has 0 N–H and O–H groups in total. The molecule has 25 heavy (non-hydrogen) atoms. The second-order valence-electron chi connectivity index (χ2n) is 7.40. The lowest BCUT2D eigenvalue weighted by atomic mass is 9.80. The van der Waals surface area contributed by atoms with Crippen LogP contribution in [-0.4, -0.2) is 34.0 Å². The third-order valence-electron chi connectivity index (χ3n) is 5.86. The van der Waals surface area contributed by atoms with Gasteiger partial charge in [-0.15, -0.1) is 0 Å². The zero-order chi connectivity index (χ0) is 17.2. The summed E-state index contributed by atoms with van der Waals surface area (Å²) in [7, 11) is 0. The topological polar surface area (TPSA) is 59.2 Å². The van der Waals surface area contributed by atoms with Crippen LogP contribution in [0.3, 0.4) is 0 Å². The molecule has 0 bridgehead atoms. The van der Waals surface area contributed by atoms with Crippen molar-refractivity contribution in [3.63, 3.8) is 0 Å². The Labute approximate surface area is 148 Å². The molecular weight excluding hydrogens is 314 g/mol. The van der Waals surface area contributed by atoms with E-state index in [-0.39, 0.29) is 5.91 Å². The Morgan fingerprint density at radius 1 is 1.12 bits per heavy atom. The van der Waals surface area contributed by atoms with Crippen LogP contribution in [0.1, 0.15) is 54.6 Å². The van der Waals surface area contributed by atoms with Crippen molar-refractivity contribution in [2.24, 2.45) is 11.8 Å². The summed E-state index contributed by atoms with van der Waals surface area (Å²) in [5.41, 5.74) is 2.11. The molecule has 0 radical (unpaired) electrons. The van der Waals surface area contributed by atoms with Crippen LogP contribution in [0.15, 0.2) is 29.0 Å². The highest BCUT2D eigenvalue weighted by Gasteiger charge is 2.35.